The maximum Gasteiger partial charge on any atom is 0.335 e. The summed E-state index contributed by atoms with van der Waals surface area (Å²) in [4.78, 5) is 30.3. The Morgan fingerprint density at radius 2 is 1.93 bits per heavy atom. The third-order valence-electron chi connectivity index (χ3n) is 4.54. The van der Waals surface area contributed by atoms with Crippen LogP contribution in [0.15, 0.2) is 64.6 Å². The van der Waals surface area contributed by atoms with Crippen molar-refractivity contribution in [2.45, 2.75) is 0 Å². The monoisotopic (exact) mass is 391 g/mol. The number of amidine groups is 1. The Hall–Kier alpha value is -3.32. The molecule has 0 aliphatic carbocycles. The molecule has 4 rings (SSSR count). The van der Waals surface area contributed by atoms with Crippen molar-refractivity contribution in [3.63, 3.8) is 0 Å². The molecule has 1 fully saturated rings. The number of fused-ring (bicyclic) bond motifs is 1. The molecule has 1 aliphatic rings. The quantitative estimate of drug-likeness (QED) is 0.682. The van der Waals surface area contributed by atoms with Gasteiger partial charge in [-0.25, -0.2) is 9.79 Å². The zero-order chi connectivity index (χ0) is 19.8. The van der Waals surface area contributed by atoms with Crippen LogP contribution in [-0.2, 0) is 11.8 Å². The van der Waals surface area contributed by atoms with Crippen molar-refractivity contribution in [2.24, 2.45) is 12.0 Å². The summed E-state index contributed by atoms with van der Waals surface area (Å²) in [5.74, 6) is -1.15. The predicted octanol–water partition coefficient (Wildman–Crippen LogP) is 4.11. The molecule has 6 nitrogen and oxygen atoms in total. The summed E-state index contributed by atoms with van der Waals surface area (Å²) in [6, 6.07) is 14.4. The summed E-state index contributed by atoms with van der Waals surface area (Å²) in [5.41, 5.74) is 2.72. The molecule has 1 amide bonds. The largest absolute Gasteiger partial charge is 0.478 e. The van der Waals surface area contributed by atoms with E-state index in [4.69, 9.17) is 5.11 Å². The van der Waals surface area contributed by atoms with Crippen molar-refractivity contribution < 1.29 is 14.7 Å². The number of aliphatic imine (C=N–C) groups is 1. The standard InChI is InChI=1S/C21H17N3O3S/c1-23-12-14(16-8-3-4-9-17(16)23)11-18-19(25)24(2)21(28-18)22-15-7-5-6-13(10-15)20(26)27/h3-12H,1-2H3,(H,26,27)/b18-11-,22-21?. The van der Waals surface area contributed by atoms with Gasteiger partial charge < -0.3 is 9.67 Å². The number of amides is 1. The van der Waals surface area contributed by atoms with E-state index in [1.165, 1.54) is 28.8 Å². The van der Waals surface area contributed by atoms with Gasteiger partial charge in [0.2, 0.25) is 0 Å². The zero-order valence-electron chi connectivity index (χ0n) is 15.3. The van der Waals surface area contributed by atoms with Gasteiger partial charge in [-0.3, -0.25) is 9.69 Å². The van der Waals surface area contributed by atoms with Crippen molar-refractivity contribution in [1.29, 1.82) is 0 Å². The lowest BCUT2D eigenvalue weighted by Gasteiger charge is -2.07. The molecule has 0 radical (unpaired) electrons. The number of carbonyl (C=O) groups excluding carboxylic acids is 1. The number of carboxylic acids is 1. The number of thioether (sulfide) groups is 1. The van der Waals surface area contributed by atoms with Gasteiger partial charge in [-0.15, -0.1) is 0 Å². The Morgan fingerprint density at radius 3 is 2.71 bits per heavy atom. The van der Waals surface area contributed by atoms with E-state index in [1.54, 1.807) is 19.2 Å². The van der Waals surface area contributed by atoms with Crippen LogP contribution in [0.1, 0.15) is 15.9 Å². The topological polar surface area (TPSA) is 74.9 Å². The summed E-state index contributed by atoms with van der Waals surface area (Å²) in [7, 11) is 3.64. The van der Waals surface area contributed by atoms with Gasteiger partial charge in [0, 0.05) is 36.8 Å². The minimum Gasteiger partial charge on any atom is -0.478 e. The van der Waals surface area contributed by atoms with Crippen LogP contribution in [0, 0.1) is 0 Å². The molecule has 2 aromatic carbocycles. The Bertz CT molecular complexity index is 1180. The van der Waals surface area contributed by atoms with E-state index >= 15 is 0 Å². The van der Waals surface area contributed by atoms with Gasteiger partial charge in [-0.2, -0.15) is 0 Å². The van der Waals surface area contributed by atoms with E-state index in [1.807, 2.05) is 48.2 Å². The second-order valence-electron chi connectivity index (χ2n) is 6.44. The Balaban J connectivity index is 1.70. The highest BCUT2D eigenvalue weighted by Crippen LogP contribution is 2.34. The third kappa shape index (κ3) is 3.20. The van der Waals surface area contributed by atoms with Crippen LogP contribution in [0.5, 0.6) is 0 Å². The number of nitrogens with zero attached hydrogens (tertiary/aromatic N) is 3. The Kier molecular flexibility index (Phi) is 4.52. The van der Waals surface area contributed by atoms with Crippen molar-refractivity contribution in [3.8, 4) is 0 Å². The fraction of sp³-hybridized carbons (Fsp3) is 0.0952. The highest BCUT2D eigenvalue weighted by molar-refractivity contribution is 8.18. The number of aryl methyl sites for hydroxylation is 1. The van der Waals surface area contributed by atoms with Crippen LogP contribution in [0.25, 0.3) is 17.0 Å². The van der Waals surface area contributed by atoms with Crippen LogP contribution in [0.4, 0.5) is 5.69 Å². The van der Waals surface area contributed by atoms with Crippen molar-refractivity contribution in [2.75, 3.05) is 7.05 Å². The zero-order valence-corrected chi connectivity index (χ0v) is 16.1. The van der Waals surface area contributed by atoms with Gasteiger partial charge in [0.15, 0.2) is 5.17 Å². The highest BCUT2D eigenvalue weighted by Gasteiger charge is 2.30. The number of carbonyl (C=O) groups is 2. The summed E-state index contributed by atoms with van der Waals surface area (Å²) in [5, 5.41) is 10.7. The van der Waals surface area contributed by atoms with Crippen LogP contribution in [0.2, 0.25) is 0 Å². The van der Waals surface area contributed by atoms with E-state index in [2.05, 4.69) is 4.99 Å². The van der Waals surface area contributed by atoms with Crippen LogP contribution < -0.4 is 0 Å². The third-order valence-corrected chi connectivity index (χ3v) is 5.60. The van der Waals surface area contributed by atoms with Gasteiger partial charge in [0.25, 0.3) is 5.91 Å². The first-order valence-electron chi connectivity index (χ1n) is 8.58. The molecule has 1 aliphatic heterocycles. The first-order chi connectivity index (χ1) is 13.4. The number of rotatable bonds is 3. The lowest BCUT2D eigenvalue weighted by Crippen LogP contribution is -2.23. The normalized spacial score (nSPS) is 17.2. The molecule has 0 atom stereocenters. The Labute approximate surface area is 165 Å². The number of hydrogen-bond acceptors (Lipinski definition) is 4. The SMILES string of the molecule is CN1C(=O)/C(=C/c2cn(C)c3ccccc23)SC1=Nc1cccc(C(=O)O)c1. The number of aromatic nitrogens is 1. The minimum atomic E-state index is -1.01. The fourth-order valence-corrected chi connectivity index (χ4v) is 4.08. The van der Waals surface area contributed by atoms with E-state index < -0.39 is 5.97 Å². The number of benzene rings is 2. The molecule has 0 spiro atoms. The predicted molar refractivity (Wildman–Crippen MR) is 112 cm³/mol. The molecule has 1 aromatic heterocycles. The second kappa shape index (κ2) is 7.01. The van der Waals surface area contributed by atoms with E-state index in [0.717, 1.165) is 16.5 Å². The van der Waals surface area contributed by atoms with Gasteiger partial charge in [0.1, 0.15) is 0 Å². The lowest BCUT2D eigenvalue weighted by molar-refractivity contribution is -0.121. The maximum absolute atomic E-state index is 12.7. The van der Waals surface area contributed by atoms with Crippen LogP contribution in [-0.4, -0.2) is 38.7 Å². The summed E-state index contributed by atoms with van der Waals surface area (Å²) < 4.78 is 2.03. The second-order valence-corrected chi connectivity index (χ2v) is 7.45. The van der Waals surface area contributed by atoms with Crippen molar-refractivity contribution in [3.05, 3.63) is 70.8 Å². The molecule has 0 bridgehead atoms. The van der Waals surface area contributed by atoms with E-state index in [-0.39, 0.29) is 11.5 Å². The van der Waals surface area contributed by atoms with E-state index in [9.17, 15) is 9.59 Å². The number of likely N-dealkylation sites (N-methyl/N-ethyl adjacent to an activating group) is 1. The highest BCUT2D eigenvalue weighted by atomic mass is 32.2. The average molecular weight is 391 g/mol. The number of carboxylic acid groups (broad SMARTS) is 1. The summed E-state index contributed by atoms with van der Waals surface area (Å²) >= 11 is 1.28. The molecule has 0 saturated carbocycles. The molecule has 7 heteroatoms. The average Bonchev–Trinajstić information content (AvgIpc) is 3.14. The summed E-state index contributed by atoms with van der Waals surface area (Å²) in [6.07, 6.45) is 3.87. The maximum atomic E-state index is 12.7. The molecule has 1 N–H and O–H groups in total. The van der Waals surface area contributed by atoms with Gasteiger partial charge in [-0.1, -0.05) is 24.3 Å². The van der Waals surface area contributed by atoms with Crippen molar-refractivity contribution in [1.82, 2.24) is 9.47 Å². The first kappa shape index (κ1) is 18.1. The van der Waals surface area contributed by atoms with Gasteiger partial charge in [-0.05, 0) is 42.1 Å². The number of para-hydroxylation sites is 1. The van der Waals surface area contributed by atoms with Crippen LogP contribution in [0.3, 0.4) is 0 Å². The molecular weight excluding hydrogens is 374 g/mol. The Morgan fingerprint density at radius 1 is 1.14 bits per heavy atom. The van der Waals surface area contributed by atoms with Gasteiger partial charge >= 0.3 is 5.97 Å². The van der Waals surface area contributed by atoms with Gasteiger partial charge in [0.05, 0.1) is 16.2 Å². The molecule has 3 aromatic rings. The number of hydrogen-bond donors (Lipinski definition) is 1. The molecule has 1 saturated heterocycles. The lowest BCUT2D eigenvalue weighted by atomic mass is 10.1. The van der Waals surface area contributed by atoms with E-state index in [0.29, 0.717) is 15.8 Å². The number of aromatic carboxylic acids is 1. The fourth-order valence-electron chi connectivity index (χ4n) is 3.10. The molecule has 0 unspecified atom stereocenters. The van der Waals surface area contributed by atoms with Crippen molar-refractivity contribution >= 4 is 51.5 Å². The van der Waals surface area contributed by atoms with Crippen LogP contribution >= 0.6 is 11.8 Å². The summed E-state index contributed by atoms with van der Waals surface area (Å²) in [6.45, 7) is 0. The first-order valence-corrected chi connectivity index (χ1v) is 9.39. The molecular formula is C21H17N3O3S. The molecule has 2 heterocycles. The molecule has 28 heavy (non-hydrogen) atoms. The minimum absolute atomic E-state index is 0.133. The molecule has 140 valence electrons. The smallest absolute Gasteiger partial charge is 0.335 e.